The molecule has 2 aromatic heterocycles. The first-order chi connectivity index (χ1) is 11.2. The van der Waals surface area contributed by atoms with E-state index in [1.165, 1.54) is 0 Å². The lowest BCUT2D eigenvalue weighted by Crippen LogP contribution is -2.02. The van der Waals surface area contributed by atoms with E-state index >= 15 is 0 Å². The summed E-state index contributed by atoms with van der Waals surface area (Å²) in [5.74, 6) is 1.79. The fourth-order valence-corrected chi connectivity index (χ4v) is 2.34. The largest absolute Gasteiger partial charge is 0.324 e. The predicted molar refractivity (Wildman–Crippen MR) is 89.2 cm³/mol. The molecule has 5 heteroatoms. The van der Waals surface area contributed by atoms with Crippen LogP contribution in [0.15, 0.2) is 48.7 Å². The number of rotatable bonds is 3. The Balaban J connectivity index is 1.96. The van der Waals surface area contributed by atoms with Crippen molar-refractivity contribution in [3.63, 3.8) is 0 Å². The molecule has 0 spiro atoms. The molecular formula is C18H15N5. The topological polar surface area (TPSA) is 74.5 Å². The third kappa shape index (κ3) is 3.33. The molecule has 0 aliphatic carbocycles. The molecule has 0 aliphatic rings. The van der Waals surface area contributed by atoms with Crippen molar-refractivity contribution < 1.29 is 0 Å². The highest BCUT2D eigenvalue weighted by Crippen LogP contribution is 2.24. The summed E-state index contributed by atoms with van der Waals surface area (Å²) in [6.45, 7) is 3.73. The minimum atomic E-state index is 0.472. The zero-order valence-electron chi connectivity index (χ0n) is 12.9. The van der Waals surface area contributed by atoms with E-state index in [0.29, 0.717) is 23.0 Å². The van der Waals surface area contributed by atoms with Gasteiger partial charge >= 0.3 is 0 Å². The van der Waals surface area contributed by atoms with Gasteiger partial charge in [-0.05, 0) is 25.5 Å². The highest BCUT2D eigenvalue weighted by molar-refractivity contribution is 5.69. The van der Waals surface area contributed by atoms with Crippen LogP contribution in [0, 0.1) is 25.2 Å². The summed E-state index contributed by atoms with van der Waals surface area (Å²) < 4.78 is 0. The molecule has 0 atom stereocenters. The number of hydrogen-bond donors (Lipinski definition) is 1. The molecule has 1 N–H and O–H groups in total. The first-order valence-corrected chi connectivity index (χ1v) is 7.20. The first-order valence-electron chi connectivity index (χ1n) is 7.20. The molecule has 0 saturated carbocycles. The van der Waals surface area contributed by atoms with Gasteiger partial charge in [-0.15, -0.1) is 0 Å². The van der Waals surface area contributed by atoms with E-state index in [1.54, 1.807) is 6.20 Å². The summed E-state index contributed by atoms with van der Waals surface area (Å²) >= 11 is 0. The van der Waals surface area contributed by atoms with Gasteiger partial charge in [0.05, 0.1) is 5.56 Å². The second-order valence-corrected chi connectivity index (χ2v) is 5.16. The molecule has 5 nitrogen and oxygen atoms in total. The molecule has 0 fully saturated rings. The average molecular weight is 301 g/mol. The number of benzene rings is 1. The van der Waals surface area contributed by atoms with E-state index in [9.17, 15) is 5.26 Å². The summed E-state index contributed by atoms with van der Waals surface area (Å²) in [6, 6.07) is 15.7. The summed E-state index contributed by atoms with van der Waals surface area (Å²) in [5.41, 5.74) is 3.26. The normalized spacial score (nSPS) is 10.1. The molecule has 112 valence electrons. The van der Waals surface area contributed by atoms with Crippen molar-refractivity contribution >= 4 is 11.6 Å². The molecular weight excluding hydrogens is 286 g/mol. The predicted octanol–water partition coefficient (Wildman–Crippen LogP) is 3.77. The molecule has 0 amide bonds. The maximum atomic E-state index is 9.41. The second kappa shape index (κ2) is 6.24. The molecule has 0 radical (unpaired) electrons. The third-order valence-corrected chi connectivity index (χ3v) is 3.33. The van der Waals surface area contributed by atoms with Gasteiger partial charge in [0.2, 0.25) is 0 Å². The Kier molecular flexibility index (Phi) is 3.98. The highest BCUT2D eigenvalue weighted by atomic mass is 15.1. The second-order valence-electron chi connectivity index (χ2n) is 5.16. The minimum absolute atomic E-state index is 0.472. The molecule has 0 aliphatic heterocycles. The summed E-state index contributed by atoms with van der Waals surface area (Å²) in [6.07, 6.45) is 1.75. The summed E-state index contributed by atoms with van der Waals surface area (Å²) in [7, 11) is 0. The van der Waals surface area contributed by atoms with Crippen LogP contribution in [0.4, 0.5) is 11.6 Å². The maximum absolute atomic E-state index is 9.41. The third-order valence-electron chi connectivity index (χ3n) is 3.33. The zero-order valence-corrected chi connectivity index (χ0v) is 12.9. The standard InChI is InChI=1S/C18H15N5/c1-12-8-17(22-13(2)21-12)23-18-15(10-19)9-16(11-20-18)14-6-4-3-5-7-14/h3-9,11H,1-2H3,(H,20,21,22,23). The van der Waals surface area contributed by atoms with Crippen molar-refractivity contribution in [1.82, 2.24) is 15.0 Å². The fourth-order valence-electron chi connectivity index (χ4n) is 2.34. The van der Waals surface area contributed by atoms with E-state index in [4.69, 9.17) is 0 Å². The Bertz CT molecular complexity index is 861. The van der Waals surface area contributed by atoms with Gasteiger partial charge in [-0.1, -0.05) is 30.3 Å². The fraction of sp³-hybridized carbons (Fsp3) is 0.111. The van der Waals surface area contributed by atoms with Crippen molar-refractivity contribution in [1.29, 1.82) is 5.26 Å². The smallest absolute Gasteiger partial charge is 0.149 e. The molecule has 3 aromatic rings. The first kappa shape index (κ1) is 14.7. The van der Waals surface area contributed by atoms with Crippen LogP contribution in [-0.2, 0) is 0 Å². The minimum Gasteiger partial charge on any atom is -0.324 e. The average Bonchev–Trinajstić information content (AvgIpc) is 2.55. The van der Waals surface area contributed by atoms with E-state index in [-0.39, 0.29) is 0 Å². The number of aromatic nitrogens is 3. The Labute approximate surface area is 134 Å². The number of aryl methyl sites for hydroxylation is 2. The van der Waals surface area contributed by atoms with Crippen molar-refractivity contribution in [3.8, 4) is 17.2 Å². The Morgan fingerprint density at radius 2 is 1.78 bits per heavy atom. The van der Waals surface area contributed by atoms with Gasteiger partial charge < -0.3 is 5.32 Å². The molecule has 0 bridgehead atoms. The number of nitriles is 1. The SMILES string of the molecule is Cc1cc(Nc2ncc(-c3ccccc3)cc2C#N)nc(C)n1. The van der Waals surface area contributed by atoms with Gasteiger partial charge in [0.25, 0.3) is 0 Å². The Morgan fingerprint density at radius 1 is 1.00 bits per heavy atom. The number of pyridine rings is 1. The zero-order chi connectivity index (χ0) is 16.2. The van der Waals surface area contributed by atoms with Crippen molar-refractivity contribution in [2.24, 2.45) is 0 Å². The lowest BCUT2D eigenvalue weighted by molar-refractivity contribution is 1.01. The van der Waals surface area contributed by atoms with Crippen molar-refractivity contribution in [2.75, 3.05) is 5.32 Å². The van der Waals surface area contributed by atoms with Crippen molar-refractivity contribution in [2.45, 2.75) is 13.8 Å². The van der Waals surface area contributed by atoms with Gasteiger partial charge in [0, 0.05) is 23.5 Å². The number of nitrogens with zero attached hydrogens (tertiary/aromatic N) is 4. The van der Waals surface area contributed by atoms with E-state index in [0.717, 1.165) is 16.8 Å². The van der Waals surface area contributed by atoms with E-state index in [2.05, 4.69) is 26.3 Å². The molecule has 3 rings (SSSR count). The van der Waals surface area contributed by atoms with Gasteiger partial charge in [0.1, 0.15) is 23.5 Å². The summed E-state index contributed by atoms with van der Waals surface area (Å²) in [5, 5.41) is 12.5. The molecule has 23 heavy (non-hydrogen) atoms. The lowest BCUT2D eigenvalue weighted by Gasteiger charge is -2.09. The lowest BCUT2D eigenvalue weighted by atomic mass is 10.1. The van der Waals surface area contributed by atoms with E-state index in [1.807, 2.05) is 56.3 Å². The van der Waals surface area contributed by atoms with Gasteiger partial charge in [-0.2, -0.15) is 5.26 Å². The summed E-state index contributed by atoms with van der Waals surface area (Å²) in [4.78, 5) is 12.9. The van der Waals surface area contributed by atoms with Gasteiger partial charge in [-0.25, -0.2) is 15.0 Å². The van der Waals surface area contributed by atoms with E-state index < -0.39 is 0 Å². The van der Waals surface area contributed by atoms with Crippen LogP contribution < -0.4 is 5.32 Å². The van der Waals surface area contributed by atoms with Crippen LogP contribution in [0.5, 0.6) is 0 Å². The van der Waals surface area contributed by atoms with Gasteiger partial charge in [-0.3, -0.25) is 0 Å². The van der Waals surface area contributed by atoms with Crippen LogP contribution >= 0.6 is 0 Å². The van der Waals surface area contributed by atoms with Gasteiger partial charge in [0.15, 0.2) is 0 Å². The van der Waals surface area contributed by atoms with Crippen LogP contribution in [0.1, 0.15) is 17.1 Å². The van der Waals surface area contributed by atoms with Crippen LogP contribution in [0.25, 0.3) is 11.1 Å². The highest BCUT2D eigenvalue weighted by Gasteiger charge is 2.08. The monoisotopic (exact) mass is 301 g/mol. The molecule has 0 saturated heterocycles. The number of anilines is 2. The Hall–Kier alpha value is -3.26. The van der Waals surface area contributed by atoms with Crippen LogP contribution in [-0.4, -0.2) is 15.0 Å². The van der Waals surface area contributed by atoms with Crippen LogP contribution in [0.2, 0.25) is 0 Å². The number of hydrogen-bond acceptors (Lipinski definition) is 5. The molecule has 0 unspecified atom stereocenters. The quantitative estimate of drug-likeness (QED) is 0.797. The Morgan fingerprint density at radius 3 is 2.48 bits per heavy atom. The molecule has 2 heterocycles. The van der Waals surface area contributed by atoms with Crippen molar-refractivity contribution in [3.05, 3.63) is 65.7 Å². The maximum Gasteiger partial charge on any atom is 0.149 e. The number of nitrogens with one attached hydrogen (secondary N) is 1. The van der Waals surface area contributed by atoms with Crippen LogP contribution in [0.3, 0.4) is 0 Å². The molecule has 1 aromatic carbocycles.